The van der Waals surface area contributed by atoms with Crippen LogP contribution < -0.4 is 10.5 Å². The van der Waals surface area contributed by atoms with Crippen LogP contribution in [0.5, 0.6) is 5.75 Å². The SMILES string of the molecule is CCC1CN(CCCOc2ccc(N)cc2)CCS1. The van der Waals surface area contributed by atoms with Crippen molar-refractivity contribution in [1.29, 1.82) is 0 Å². The van der Waals surface area contributed by atoms with Crippen molar-refractivity contribution in [1.82, 2.24) is 4.90 Å². The van der Waals surface area contributed by atoms with Crippen LogP contribution in [0.1, 0.15) is 19.8 Å². The van der Waals surface area contributed by atoms with Crippen LogP contribution in [0.15, 0.2) is 24.3 Å². The fourth-order valence-electron chi connectivity index (χ4n) is 2.27. The van der Waals surface area contributed by atoms with Crippen molar-refractivity contribution in [2.45, 2.75) is 25.0 Å². The molecular formula is C15H24N2OS. The highest BCUT2D eigenvalue weighted by Gasteiger charge is 2.18. The maximum Gasteiger partial charge on any atom is 0.119 e. The molecule has 0 aliphatic carbocycles. The first-order valence-corrected chi connectivity index (χ1v) is 8.15. The summed E-state index contributed by atoms with van der Waals surface area (Å²) in [5.41, 5.74) is 6.42. The summed E-state index contributed by atoms with van der Waals surface area (Å²) in [6.45, 7) is 6.67. The summed E-state index contributed by atoms with van der Waals surface area (Å²) >= 11 is 2.12. The number of anilines is 1. The first-order valence-electron chi connectivity index (χ1n) is 7.10. The number of hydrogen-bond donors (Lipinski definition) is 1. The lowest BCUT2D eigenvalue weighted by atomic mass is 10.3. The van der Waals surface area contributed by atoms with E-state index in [0.717, 1.165) is 36.3 Å². The summed E-state index contributed by atoms with van der Waals surface area (Å²) in [6, 6.07) is 7.62. The van der Waals surface area contributed by atoms with Crippen LogP contribution in [0.4, 0.5) is 5.69 Å². The molecule has 0 aromatic heterocycles. The Balaban J connectivity index is 1.62. The Morgan fingerprint density at radius 3 is 2.89 bits per heavy atom. The van der Waals surface area contributed by atoms with E-state index in [1.807, 2.05) is 24.3 Å². The molecule has 0 bridgehead atoms. The van der Waals surface area contributed by atoms with Crippen molar-refractivity contribution in [2.75, 3.05) is 37.7 Å². The molecule has 0 radical (unpaired) electrons. The van der Waals surface area contributed by atoms with Gasteiger partial charge >= 0.3 is 0 Å². The van der Waals surface area contributed by atoms with Gasteiger partial charge in [-0.25, -0.2) is 0 Å². The van der Waals surface area contributed by atoms with Gasteiger partial charge in [0.1, 0.15) is 5.75 Å². The third kappa shape index (κ3) is 4.96. The molecule has 1 aliphatic rings. The summed E-state index contributed by atoms with van der Waals surface area (Å²) in [5, 5.41) is 0.826. The maximum atomic E-state index is 5.72. The van der Waals surface area contributed by atoms with Gasteiger partial charge in [0.05, 0.1) is 6.61 Å². The minimum Gasteiger partial charge on any atom is -0.494 e. The molecule has 1 aliphatic heterocycles. The largest absolute Gasteiger partial charge is 0.494 e. The second kappa shape index (κ2) is 7.65. The summed E-state index contributed by atoms with van der Waals surface area (Å²) < 4.78 is 5.72. The lowest BCUT2D eigenvalue weighted by molar-refractivity contribution is 0.238. The maximum absolute atomic E-state index is 5.72. The normalized spacial score (nSPS) is 20.4. The van der Waals surface area contributed by atoms with Gasteiger partial charge < -0.3 is 15.4 Å². The number of nitrogen functional groups attached to an aromatic ring is 1. The van der Waals surface area contributed by atoms with Gasteiger partial charge in [-0.3, -0.25) is 0 Å². The zero-order valence-electron chi connectivity index (χ0n) is 11.7. The third-order valence-electron chi connectivity index (χ3n) is 3.45. The van der Waals surface area contributed by atoms with Crippen molar-refractivity contribution in [2.24, 2.45) is 0 Å². The Hall–Kier alpha value is -0.870. The zero-order valence-corrected chi connectivity index (χ0v) is 12.5. The van der Waals surface area contributed by atoms with Gasteiger partial charge in [-0.15, -0.1) is 0 Å². The van der Waals surface area contributed by atoms with E-state index < -0.39 is 0 Å². The summed E-state index contributed by atoms with van der Waals surface area (Å²) in [5.74, 6) is 2.19. The molecule has 1 saturated heterocycles. The van der Waals surface area contributed by atoms with Crippen LogP contribution in [0.2, 0.25) is 0 Å². The molecular weight excluding hydrogens is 256 g/mol. The second-order valence-electron chi connectivity index (χ2n) is 4.97. The molecule has 1 aromatic rings. The molecule has 0 amide bonds. The number of nitrogens with zero attached hydrogens (tertiary/aromatic N) is 1. The van der Waals surface area contributed by atoms with E-state index in [-0.39, 0.29) is 0 Å². The number of hydrogen-bond acceptors (Lipinski definition) is 4. The van der Waals surface area contributed by atoms with Gasteiger partial charge in [0.15, 0.2) is 0 Å². The second-order valence-corrected chi connectivity index (χ2v) is 6.38. The number of ether oxygens (including phenoxy) is 1. The van der Waals surface area contributed by atoms with Crippen molar-refractivity contribution in [3.05, 3.63) is 24.3 Å². The van der Waals surface area contributed by atoms with Crippen LogP contribution in [0.3, 0.4) is 0 Å². The van der Waals surface area contributed by atoms with Crippen LogP contribution in [0, 0.1) is 0 Å². The van der Waals surface area contributed by atoms with E-state index in [9.17, 15) is 0 Å². The fraction of sp³-hybridized carbons (Fsp3) is 0.600. The number of thioether (sulfide) groups is 1. The highest BCUT2D eigenvalue weighted by Crippen LogP contribution is 2.21. The van der Waals surface area contributed by atoms with Crippen LogP contribution in [0.25, 0.3) is 0 Å². The number of benzene rings is 1. The van der Waals surface area contributed by atoms with E-state index in [0.29, 0.717) is 0 Å². The highest BCUT2D eigenvalue weighted by molar-refractivity contribution is 8.00. The third-order valence-corrected chi connectivity index (χ3v) is 4.82. The van der Waals surface area contributed by atoms with Gasteiger partial charge in [-0.1, -0.05) is 6.92 Å². The van der Waals surface area contributed by atoms with Crippen molar-refractivity contribution in [3.63, 3.8) is 0 Å². The Morgan fingerprint density at radius 1 is 1.37 bits per heavy atom. The molecule has 3 nitrogen and oxygen atoms in total. The summed E-state index contributed by atoms with van der Waals surface area (Å²) in [7, 11) is 0. The molecule has 1 fully saturated rings. The number of nitrogens with two attached hydrogens (primary N) is 1. The van der Waals surface area contributed by atoms with Crippen LogP contribution in [-0.4, -0.2) is 42.1 Å². The molecule has 4 heteroatoms. The first-order chi connectivity index (χ1) is 9.28. The smallest absolute Gasteiger partial charge is 0.119 e. The summed E-state index contributed by atoms with van der Waals surface area (Å²) in [6.07, 6.45) is 2.37. The molecule has 1 heterocycles. The molecule has 0 saturated carbocycles. The first kappa shape index (κ1) is 14.5. The monoisotopic (exact) mass is 280 g/mol. The van der Waals surface area contributed by atoms with Gasteiger partial charge in [0.25, 0.3) is 0 Å². The van der Waals surface area contributed by atoms with E-state index >= 15 is 0 Å². The van der Waals surface area contributed by atoms with E-state index in [1.165, 1.54) is 25.3 Å². The van der Waals surface area contributed by atoms with Crippen molar-refractivity contribution < 1.29 is 4.74 Å². The summed E-state index contributed by atoms with van der Waals surface area (Å²) in [4.78, 5) is 2.57. The minimum absolute atomic E-state index is 0.781. The lowest BCUT2D eigenvalue weighted by Gasteiger charge is -2.31. The van der Waals surface area contributed by atoms with Crippen LogP contribution >= 0.6 is 11.8 Å². The average Bonchev–Trinajstić information content (AvgIpc) is 2.46. The Bertz CT molecular complexity index is 369. The van der Waals surface area contributed by atoms with Crippen molar-refractivity contribution >= 4 is 17.4 Å². The zero-order chi connectivity index (χ0) is 13.5. The Labute approximate surface area is 120 Å². The van der Waals surface area contributed by atoms with E-state index in [2.05, 4.69) is 23.6 Å². The van der Waals surface area contributed by atoms with Gasteiger partial charge in [0, 0.05) is 36.3 Å². The Morgan fingerprint density at radius 2 is 2.16 bits per heavy atom. The highest BCUT2D eigenvalue weighted by atomic mass is 32.2. The topological polar surface area (TPSA) is 38.5 Å². The van der Waals surface area contributed by atoms with Crippen LogP contribution in [-0.2, 0) is 0 Å². The average molecular weight is 280 g/mol. The number of rotatable bonds is 6. The predicted molar refractivity (Wildman–Crippen MR) is 83.9 cm³/mol. The van der Waals surface area contributed by atoms with Gasteiger partial charge in [-0.05, 0) is 37.1 Å². The van der Waals surface area contributed by atoms with E-state index in [1.54, 1.807) is 0 Å². The standard InChI is InChI=1S/C15H24N2OS/c1-2-15-12-17(9-11-19-15)8-3-10-18-14-6-4-13(16)5-7-14/h4-7,15H,2-3,8-12,16H2,1H3. The molecule has 19 heavy (non-hydrogen) atoms. The fourth-order valence-corrected chi connectivity index (χ4v) is 3.52. The molecule has 106 valence electrons. The van der Waals surface area contributed by atoms with Crippen molar-refractivity contribution in [3.8, 4) is 5.75 Å². The predicted octanol–water partition coefficient (Wildman–Crippen LogP) is 2.87. The molecule has 2 N–H and O–H groups in total. The molecule has 1 aromatic carbocycles. The quantitative estimate of drug-likeness (QED) is 0.642. The van der Waals surface area contributed by atoms with E-state index in [4.69, 9.17) is 10.5 Å². The van der Waals surface area contributed by atoms with Gasteiger partial charge in [0.2, 0.25) is 0 Å². The Kier molecular flexibility index (Phi) is 5.86. The molecule has 2 rings (SSSR count). The van der Waals surface area contributed by atoms with Gasteiger partial charge in [-0.2, -0.15) is 11.8 Å². The molecule has 0 spiro atoms. The molecule has 1 unspecified atom stereocenters. The minimum atomic E-state index is 0.781. The molecule has 1 atom stereocenters. The lowest BCUT2D eigenvalue weighted by Crippen LogP contribution is -2.38.